The van der Waals surface area contributed by atoms with Crippen LogP contribution in [0.2, 0.25) is 0 Å². The van der Waals surface area contributed by atoms with Gasteiger partial charge in [-0.1, -0.05) is 115 Å². The van der Waals surface area contributed by atoms with E-state index in [4.69, 9.17) is 15.0 Å². The van der Waals surface area contributed by atoms with Crippen molar-refractivity contribution in [1.29, 1.82) is 0 Å². The van der Waals surface area contributed by atoms with E-state index in [0.29, 0.717) is 0 Å². The molecule has 7 aromatic rings. The summed E-state index contributed by atoms with van der Waals surface area (Å²) in [6.07, 6.45) is 0. The molecule has 0 fully saturated rings. The van der Waals surface area contributed by atoms with Crippen LogP contribution in [0.25, 0.3) is 55.9 Å². The first-order chi connectivity index (χ1) is 20.3. The molecular formula is C37H24N4. The molecule has 4 heteroatoms. The van der Waals surface area contributed by atoms with Gasteiger partial charge in [0, 0.05) is 16.7 Å². The second-order valence-corrected chi connectivity index (χ2v) is 10.1. The zero-order valence-electron chi connectivity index (χ0n) is 22.1. The molecule has 0 spiro atoms. The largest absolute Gasteiger partial charge is 0.294 e. The second kappa shape index (κ2) is 9.54. The fourth-order valence-electron chi connectivity index (χ4n) is 5.69. The van der Waals surface area contributed by atoms with Crippen LogP contribution in [0, 0.1) is 0 Å². The lowest BCUT2D eigenvalue weighted by Gasteiger charge is -2.32. The number of para-hydroxylation sites is 1. The molecule has 192 valence electrons. The quantitative estimate of drug-likeness (QED) is 0.230. The lowest BCUT2D eigenvalue weighted by molar-refractivity contribution is 1.16. The van der Waals surface area contributed by atoms with Gasteiger partial charge in [0.1, 0.15) is 5.82 Å². The van der Waals surface area contributed by atoms with Crippen LogP contribution in [0.1, 0.15) is 0 Å². The van der Waals surface area contributed by atoms with Gasteiger partial charge in [0.05, 0.1) is 33.7 Å². The third kappa shape index (κ3) is 3.97. The first-order valence-electron chi connectivity index (χ1n) is 13.7. The van der Waals surface area contributed by atoms with E-state index < -0.39 is 0 Å². The van der Waals surface area contributed by atoms with Crippen LogP contribution in [0.15, 0.2) is 146 Å². The van der Waals surface area contributed by atoms with Gasteiger partial charge < -0.3 is 0 Å². The summed E-state index contributed by atoms with van der Waals surface area (Å²) in [6.45, 7) is 0. The molecule has 0 unspecified atom stereocenters. The molecule has 4 nitrogen and oxygen atoms in total. The number of nitrogens with zero attached hydrogens (tertiary/aromatic N) is 4. The van der Waals surface area contributed by atoms with Crippen molar-refractivity contribution in [3.63, 3.8) is 0 Å². The fraction of sp³-hybridized carbons (Fsp3) is 0. The molecule has 1 aliphatic rings. The molecule has 0 saturated carbocycles. The molecular weight excluding hydrogens is 500 g/mol. The van der Waals surface area contributed by atoms with Crippen LogP contribution in [-0.4, -0.2) is 15.0 Å². The van der Waals surface area contributed by atoms with E-state index in [0.717, 1.165) is 73.1 Å². The van der Waals surface area contributed by atoms with Crippen LogP contribution in [0.4, 0.5) is 17.2 Å². The minimum Gasteiger partial charge on any atom is -0.294 e. The van der Waals surface area contributed by atoms with Crippen LogP contribution >= 0.6 is 0 Å². The van der Waals surface area contributed by atoms with Gasteiger partial charge in [0.15, 0.2) is 5.82 Å². The summed E-state index contributed by atoms with van der Waals surface area (Å²) in [7, 11) is 0. The minimum atomic E-state index is 0.726. The maximum Gasteiger partial charge on any atom is 0.160 e. The fourth-order valence-corrected chi connectivity index (χ4v) is 5.69. The highest BCUT2D eigenvalue weighted by atomic mass is 15.2. The van der Waals surface area contributed by atoms with Crippen molar-refractivity contribution in [3.05, 3.63) is 146 Å². The lowest BCUT2D eigenvalue weighted by Crippen LogP contribution is -2.17. The molecule has 0 saturated heterocycles. The van der Waals surface area contributed by atoms with Crippen molar-refractivity contribution in [2.45, 2.75) is 0 Å². The Morgan fingerprint density at radius 2 is 1.07 bits per heavy atom. The van der Waals surface area contributed by atoms with Crippen LogP contribution in [-0.2, 0) is 0 Å². The predicted octanol–water partition coefficient (Wildman–Crippen LogP) is 9.48. The van der Waals surface area contributed by atoms with E-state index in [9.17, 15) is 0 Å². The van der Waals surface area contributed by atoms with Gasteiger partial charge in [0.25, 0.3) is 0 Å². The van der Waals surface area contributed by atoms with Gasteiger partial charge in [-0.05, 0) is 41.5 Å². The summed E-state index contributed by atoms with van der Waals surface area (Å²) in [4.78, 5) is 17.7. The Balaban J connectivity index is 1.41. The number of pyridine rings is 1. The smallest absolute Gasteiger partial charge is 0.160 e. The Bertz CT molecular complexity index is 1980. The number of benzene rings is 5. The normalized spacial score (nSPS) is 11.9. The molecule has 0 bridgehead atoms. The average molecular weight is 525 g/mol. The third-order valence-corrected chi connectivity index (χ3v) is 7.59. The van der Waals surface area contributed by atoms with Gasteiger partial charge in [0.2, 0.25) is 0 Å². The van der Waals surface area contributed by atoms with Crippen molar-refractivity contribution in [2.24, 2.45) is 0 Å². The number of aromatic nitrogens is 3. The highest BCUT2D eigenvalue weighted by Crippen LogP contribution is 2.50. The standard InChI is InChI=1S/C37H24N4/c1-4-13-25(14-5-1)28-23-31(26-15-6-2-7-16-26)38-34(24-28)41-32-21-11-10-19-29(32)36-35-30(20-12-22-33(35)41)39-37(40-36)27-17-8-3-9-18-27/h1-24H. The highest BCUT2D eigenvalue weighted by Gasteiger charge is 2.29. The molecule has 0 N–H and O–H groups in total. The van der Waals surface area contributed by atoms with Crippen LogP contribution in [0.3, 0.4) is 0 Å². The zero-order valence-corrected chi connectivity index (χ0v) is 22.1. The van der Waals surface area contributed by atoms with E-state index in [2.05, 4.69) is 120 Å². The number of fused-ring (bicyclic) bond motifs is 2. The van der Waals surface area contributed by atoms with Gasteiger partial charge in [-0.25, -0.2) is 15.0 Å². The molecule has 5 aromatic carbocycles. The summed E-state index contributed by atoms with van der Waals surface area (Å²) < 4.78 is 0. The second-order valence-electron chi connectivity index (χ2n) is 10.1. The third-order valence-electron chi connectivity index (χ3n) is 7.59. The Kier molecular flexibility index (Phi) is 5.42. The number of rotatable bonds is 4. The maximum atomic E-state index is 5.26. The molecule has 0 amide bonds. The van der Waals surface area contributed by atoms with Gasteiger partial charge in [-0.3, -0.25) is 4.90 Å². The summed E-state index contributed by atoms with van der Waals surface area (Å²) in [5.41, 5.74) is 10.2. The molecule has 8 rings (SSSR count). The van der Waals surface area contributed by atoms with Crippen molar-refractivity contribution < 1.29 is 0 Å². The summed E-state index contributed by atoms with van der Waals surface area (Å²) >= 11 is 0. The molecule has 1 aliphatic heterocycles. The van der Waals surface area contributed by atoms with Crippen molar-refractivity contribution >= 4 is 28.1 Å². The summed E-state index contributed by atoms with van der Waals surface area (Å²) in [6, 6.07) is 50.1. The van der Waals surface area contributed by atoms with Crippen molar-refractivity contribution in [1.82, 2.24) is 15.0 Å². The average Bonchev–Trinajstić information content (AvgIpc) is 3.06. The van der Waals surface area contributed by atoms with E-state index in [1.807, 2.05) is 30.3 Å². The van der Waals surface area contributed by atoms with E-state index in [1.165, 1.54) is 0 Å². The maximum absolute atomic E-state index is 5.26. The lowest BCUT2D eigenvalue weighted by atomic mass is 9.96. The number of hydrogen-bond acceptors (Lipinski definition) is 4. The Hall–Kier alpha value is -5.61. The first kappa shape index (κ1) is 23.3. The summed E-state index contributed by atoms with van der Waals surface area (Å²) in [5.74, 6) is 1.58. The van der Waals surface area contributed by atoms with Crippen LogP contribution in [0.5, 0.6) is 0 Å². The number of hydrogen-bond donors (Lipinski definition) is 0. The minimum absolute atomic E-state index is 0.726. The van der Waals surface area contributed by atoms with Gasteiger partial charge >= 0.3 is 0 Å². The van der Waals surface area contributed by atoms with Crippen molar-refractivity contribution in [2.75, 3.05) is 4.90 Å². The molecule has 0 radical (unpaired) electrons. The molecule has 0 aliphatic carbocycles. The summed E-state index contributed by atoms with van der Waals surface area (Å²) in [5, 5.41) is 1.03. The topological polar surface area (TPSA) is 41.9 Å². The molecule has 0 atom stereocenters. The Labute approximate surface area is 238 Å². The van der Waals surface area contributed by atoms with E-state index in [1.54, 1.807) is 0 Å². The highest BCUT2D eigenvalue weighted by molar-refractivity contribution is 6.11. The van der Waals surface area contributed by atoms with Gasteiger partial charge in [-0.15, -0.1) is 0 Å². The van der Waals surface area contributed by atoms with Crippen molar-refractivity contribution in [3.8, 4) is 45.0 Å². The van der Waals surface area contributed by atoms with Gasteiger partial charge in [-0.2, -0.15) is 0 Å². The molecule has 3 heterocycles. The molecule has 2 aromatic heterocycles. The Morgan fingerprint density at radius 1 is 0.439 bits per heavy atom. The van der Waals surface area contributed by atoms with E-state index >= 15 is 0 Å². The Morgan fingerprint density at radius 3 is 1.83 bits per heavy atom. The SMILES string of the molecule is c1ccc(-c2cc(-c3ccccc3)nc(N3c4ccccc4-c4nc(-c5ccccc5)nc5cccc3c45)c2)cc1. The monoisotopic (exact) mass is 524 g/mol. The molecule has 41 heavy (non-hydrogen) atoms. The van der Waals surface area contributed by atoms with Crippen LogP contribution < -0.4 is 4.90 Å². The first-order valence-corrected chi connectivity index (χ1v) is 13.7. The van der Waals surface area contributed by atoms with E-state index in [-0.39, 0.29) is 0 Å². The zero-order chi connectivity index (χ0) is 27.2. The predicted molar refractivity (Wildman–Crippen MR) is 167 cm³/mol. The number of anilines is 3.